The highest BCUT2D eigenvalue weighted by atomic mass is 32.2. The Hall–Kier alpha value is -1.96. The van der Waals surface area contributed by atoms with Gasteiger partial charge >= 0.3 is 6.09 Å². The minimum atomic E-state index is -3.57. The number of nitrogens with zero attached hydrogens (tertiary/aromatic N) is 1. The van der Waals surface area contributed by atoms with Gasteiger partial charge in [0.1, 0.15) is 0 Å². The number of hydrogen-bond donors (Lipinski definition) is 3. The SMILES string of the molecule is CC(C)(C)S(=O)(=O)NC1=C2C=CCNC2=CC12CCN(C(=O)O)CC2. The normalized spacial score (nSPS) is 22.5. The zero-order valence-corrected chi connectivity index (χ0v) is 15.6. The molecule has 2 aliphatic heterocycles. The molecular formula is C17H25N3O4S. The number of carboxylic acid groups (broad SMARTS) is 1. The fourth-order valence-electron chi connectivity index (χ4n) is 3.43. The van der Waals surface area contributed by atoms with Crippen LogP contribution in [0.4, 0.5) is 4.79 Å². The van der Waals surface area contributed by atoms with Gasteiger partial charge in [0.2, 0.25) is 10.0 Å². The molecule has 3 rings (SSSR count). The maximum Gasteiger partial charge on any atom is 0.407 e. The van der Waals surface area contributed by atoms with E-state index in [1.165, 1.54) is 4.90 Å². The Kier molecular flexibility index (Phi) is 4.14. The van der Waals surface area contributed by atoms with E-state index in [-0.39, 0.29) is 0 Å². The van der Waals surface area contributed by atoms with Crippen LogP contribution in [0.2, 0.25) is 0 Å². The molecule has 7 nitrogen and oxygen atoms in total. The van der Waals surface area contributed by atoms with Gasteiger partial charge in [-0.25, -0.2) is 13.2 Å². The number of rotatable bonds is 2. The van der Waals surface area contributed by atoms with Crippen molar-refractivity contribution < 1.29 is 18.3 Å². The van der Waals surface area contributed by atoms with E-state index in [1.807, 2.05) is 12.2 Å². The first-order valence-corrected chi connectivity index (χ1v) is 9.93. The van der Waals surface area contributed by atoms with Crippen LogP contribution in [0.25, 0.3) is 0 Å². The second-order valence-electron chi connectivity index (χ2n) is 7.77. The molecule has 0 aromatic heterocycles. The first-order chi connectivity index (χ1) is 11.6. The first-order valence-electron chi connectivity index (χ1n) is 8.44. The van der Waals surface area contributed by atoms with Crippen molar-refractivity contribution in [2.24, 2.45) is 5.41 Å². The van der Waals surface area contributed by atoms with Crippen LogP contribution in [0.5, 0.6) is 0 Å². The van der Waals surface area contributed by atoms with E-state index in [4.69, 9.17) is 0 Å². The summed E-state index contributed by atoms with van der Waals surface area (Å²) in [4.78, 5) is 12.6. The Morgan fingerprint density at radius 3 is 2.52 bits per heavy atom. The number of fused-ring (bicyclic) bond motifs is 1. The first kappa shape index (κ1) is 17.8. The van der Waals surface area contributed by atoms with Gasteiger partial charge in [-0.2, -0.15) is 0 Å². The van der Waals surface area contributed by atoms with Crippen LogP contribution in [0.15, 0.2) is 35.2 Å². The molecule has 1 spiro atoms. The lowest BCUT2D eigenvalue weighted by molar-refractivity contribution is 0.116. The molecule has 0 unspecified atom stereocenters. The molecule has 2 heterocycles. The summed E-state index contributed by atoms with van der Waals surface area (Å²) < 4.78 is 27.4. The summed E-state index contributed by atoms with van der Waals surface area (Å²) in [6.45, 7) is 6.47. The van der Waals surface area contributed by atoms with Crippen molar-refractivity contribution in [1.82, 2.24) is 14.9 Å². The molecule has 0 atom stereocenters. The monoisotopic (exact) mass is 367 g/mol. The average molecular weight is 367 g/mol. The van der Waals surface area contributed by atoms with Crippen LogP contribution in [0.1, 0.15) is 33.6 Å². The summed E-state index contributed by atoms with van der Waals surface area (Å²) in [7, 11) is -3.57. The zero-order valence-electron chi connectivity index (χ0n) is 14.8. The second-order valence-corrected chi connectivity index (χ2v) is 10.2. The third-order valence-electron chi connectivity index (χ3n) is 5.14. The van der Waals surface area contributed by atoms with E-state index >= 15 is 0 Å². The fraction of sp³-hybridized carbons (Fsp3) is 0.588. The third kappa shape index (κ3) is 3.03. The zero-order chi connectivity index (χ0) is 18.5. The quantitative estimate of drug-likeness (QED) is 0.691. The Morgan fingerprint density at radius 2 is 1.96 bits per heavy atom. The predicted molar refractivity (Wildman–Crippen MR) is 95.3 cm³/mol. The molecule has 3 aliphatic rings. The van der Waals surface area contributed by atoms with Crippen LogP contribution in [0.3, 0.4) is 0 Å². The van der Waals surface area contributed by atoms with E-state index < -0.39 is 26.3 Å². The molecule has 0 saturated carbocycles. The summed E-state index contributed by atoms with van der Waals surface area (Å²) in [6.07, 6.45) is 6.17. The van der Waals surface area contributed by atoms with Crippen molar-refractivity contribution in [1.29, 1.82) is 0 Å². The van der Waals surface area contributed by atoms with E-state index in [1.54, 1.807) is 20.8 Å². The molecule has 25 heavy (non-hydrogen) atoms. The van der Waals surface area contributed by atoms with Crippen molar-refractivity contribution in [2.45, 2.75) is 38.4 Å². The van der Waals surface area contributed by atoms with Gasteiger partial charge in [-0.1, -0.05) is 12.2 Å². The third-order valence-corrected chi connectivity index (χ3v) is 7.23. The maximum atomic E-state index is 12.8. The summed E-state index contributed by atoms with van der Waals surface area (Å²) in [5.41, 5.74) is 1.99. The fourth-order valence-corrected chi connectivity index (χ4v) is 4.32. The van der Waals surface area contributed by atoms with Gasteiger partial charge in [-0.3, -0.25) is 4.72 Å². The molecule has 0 aromatic carbocycles. The molecule has 138 valence electrons. The number of allylic oxidation sites excluding steroid dienone is 2. The van der Waals surface area contributed by atoms with Crippen LogP contribution < -0.4 is 10.0 Å². The molecule has 0 radical (unpaired) electrons. The number of sulfonamides is 1. The Morgan fingerprint density at radius 1 is 1.32 bits per heavy atom. The topological polar surface area (TPSA) is 98.7 Å². The lowest BCUT2D eigenvalue weighted by Crippen LogP contribution is -2.47. The summed E-state index contributed by atoms with van der Waals surface area (Å²) in [5, 5.41) is 12.5. The molecule has 1 amide bonds. The number of likely N-dealkylation sites (tertiary alicyclic amines) is 1. The highest BCUT2D eigenvalue weighted by Crippen LogP contribution is 2.48. The van der Waals surface area contributed by atoms with E-state index in [9.17, 15) is 18.3 Å². The minimum Gasteiger partial charge on any atom is -0.465 e. The molecule has 1 fully saturated rings. The summed E-state index contributed by atoms with van der Waals surface area (Å²) in [6, 6.07) is 0. The van der Waals surface area contributed by atoms with Crippen molar-refractivity contribution in [3.8, 4) is 0 Å². The number of amides is 1. The largest absolute Gasteiger partial charge is 0.465 e. The van der Waals surface area contributed by atoms with Crippen LogP contribution in [-0.2, 0) is 10.0 Å². The lowest BCUT2D eigenvalue weighted by atomic mass is 9.77. The maximum absolute atomic E-state index is 12.8. The van der Waals surface area contributed by atoms with E-state index in [0.717, 1.165) is 11.3 Å². The Labute approximate surface area is 148 Å². The van der Waals surface area contributed by atoms with Crippen LogP contribution in [0, 0.1) is 5.41 Å². The Bertz CT molecular complexity index is 779. The highest BCUT2D eigenvalue weighted by Gasteiger charge is 2.46. The van der Waals surface area contributed by atoms with Gasteiger partial charge in [-0.15, -0.1) is 0 Å². The van der Waals surface area contributed by atoms with E-state index in [2.05, 4.69) is 16.1 Å². The molecular weight excluding hydrogens is 342 g/mol. The van der Waals surface area contributed by atoms with Crippen molar-refractivity contribution in [2.75, 3.05) is 19.6 Å². The van der Waals surface area contributed by atoms with Crippen molar-refractivity contribution in [3.05, 3.63) is 35.2 Å². The van der Waals surface area contributed by atoms with Gasteiger partial charge in [0.15, 0.2) is 0 Å². The van der Waals surface area contributed by atoms with Gasteiger partial charge < -0.3 is 15.3 Å². The number of carbonyl (C=O) groups is 1. The van der Waals surface area contributed by atoms with Crippen molar-refractivity contribution >= 4 is 16.1 Å². The molecule has 3 N–H and O–H groups in total. The van der Waals surface area contributed by atoms with Crippen molar-refractivity contribution in [3.63, 3.8) is 0 Å². The molecule has 1 saturated heterocycles. The smallest absolute Gasteiger partial charge is 0.407 e. The van der Waals surface area contributed by atoms with Gasteiger partial charge in [0.25, 0.3) is 0 Å². The molecule has 0 bridgehead atoms. The lowest BCUT2D eigenvalue weighted by Gasteiger charge is -2.39. The second kappa shape index (κ2) is 5.79. The summed E-state index contributed by atoms with van der Waals surface area (Å²) >= 11 is 0. The average Bonchev–Trinajstić information content (AvgIpc) is 2.80. The predicted octanol–water partition coefficient (Wildman–Crippen LogP) is 1.78. The van der Waals surface area contributed by atoms with Gasteiger partial charge in [0, 0.05) is 42.0 Å². The standard InChI is InChI=1S/C17H25N3O4S/c1-16(2,3)25(23,24)19-14-12-5-4-8-18-13(12)11-17(14)6-9-20(10-7-17)15(21)22/h4-5,11,18-19H,6-10H2,1-3H3,(H,21,22). The number of hydrogen-bond acceptors (Lipinski definition) is 4. The van der Waals surface area contributed by atoms with Crippen LogP contribution in [-0.4, -0.2) is 48.9 Å². The number of piperidine rings is 1. The minimum absolute atomic E-state index is 0.386. The number of nitrogens with one attached hydrogen (secondary N) is 2. The molecule has 0 aromatic rings. The highest BCUT2D eigenvalue weighted by molar-refractivity contribution is 7.90. The molecule has 8 heteroatoms. The Balaban J connectivity index is 1.99. The van der Waals surface area contributed by atoms with Crippen LogP contribution >= 0.6 is 0 Å². The van der Waals surface area contributed by atoms with E-state index in [0.29, 0.717) is 38.2 Å². The summed E-state index contributed by atoms with van der Waals surface area (Å²) in [5.74, 6) is 0. The van der Waals surface area contributed by atoms with Gasteiger partial charge in [0.05, 0.1) is 4.75 Å². The molecule has 1 aliphatic carbocycles. The van der Waals surface area contributed by atoms with Gasteiger partial charge in [-0.05, 0) is 39.7 Å².